The molecule has 1 aromatic rings. The van der Waals surface area contributed by atoms with E-state index in [4.69, 9.17) is 0 Å². The van der Waals surface area contributed by atoms with Gasteiger partial charge in [0.05, 0.1) is 0 Å². The Bertz CT molecular complexity index is 788. The molecule has 0 atom stereocenters. The van der Waals surface area contributed by atoms with Crippen molar-refractivity contribution >= 4 is 21.9 Å². The number of hydrogen-bond donors (Lipinski definition) is 2. The van der Waals surface area contributed by atoms with E-state index in [-0.39, 0.29) is 0 Å². The summed E-state index contributed by atoms with van der Waals surface area (Å²) in [5.74, 6) is 0. The highest BCUT2D eigenvalue weighted by atomic mass is 32.2. The first-order valence-corrected chi connectivity index (χ1v) is 11.2. The van der Waals surface area contributed by atoms with Gasteiger partial charge in [-0.2, -0.15) is 12.7 Å². The first kappa shape index (κ1) is 20.1. The fraction of sp³-hybridized carbons (Fsp3) is 0.632. The average Bonchev–Trinajstić information content (AvgIpc) is 3.22. The van der Waals surface area contributed by atoms with Crippen LogP contribution in [0.2, 0.25) is 0 Å². The van der Waals surface area contributed by atoms with Crippen LogP contribution in [0.1, 0.15) is 42.0 Å². The fourth-order valence-electron chi connectivity index (χ4n) is 4.05. The van der Waals surface area contributed by atoms with Crippen LogP contribution in [0.3, 0.4) is 0 Å². The molecule has 2 N–H and O–H groups in total. The second-order valence-corrected chi connectivity index (χ2v) is 9.26. The number of anilines is 1. The molecule has 0 radical (unpaired) electrons. The van der Waals surface area contributed by atoms with Crippen molar-refractivity contribution in [1.82, 2.24) is 13.9 Å². The number of carbonyl (C=O) groups excluding carboxylic acids is 1. The number of rotatable bonds is 7. The molecule has 0 aromatic heterocycles. The van der Waals surface area contributed by atoms with Gasteiger partial charge in [0.1, 0.15) is 0 Å². The van der Waals surface area contributed by atoms with Gasteiger partial charge < -0.3 is 10.2 Å². The highest BCUT2D eigenvalue weighted by molar-refractivity contribution is 7.87. The Balaban J connectivity index is 1.75. The number of fused-ring (bicyclic) bond motifs is 2. The molecule has 0 bridgehead atoms. The predicted octanol–water partition coefficient (Wildman–Crippen LogP) is 1.91. The van der Waals surface area contributed by atoms with E-state index >= 15 is 0 Å². The fourth-order valence-corrected chi connectivity index (χ4v) is 5.12. The molecule has 0 aliphatic heterocycles. The molecule has 0 saturated heterocycles. The minimum atomic E-state index is -3.87. The van der Waals surface area contributed by atoms with Crippen molar-refractivity contribution in [3.05, 3.63) is 28.3 Å². The number of nitrogens with zero attached hydrogens (tertiary/aromatic N) is 2. The summed E-state index contributed by atoms with van der Waals surface area (Å²) >= 11 is 0. The number of likely N-dealkylation sites (N-methyl/N-ethyl adjacent to an activating group) is 2. The first-order valence-electron chi connectivity index (χ1n) is 9.72. The van der Waals surface area contributed by atoms with Crippen molar-refractivity contribution in [2.24, 2.45) is 0 Å². The number of amides is 2. The normalized spacial score (nSPS) is 15.9. The molecule has 3 rings (SSSR count). The van der Waals surface area contributed by atoms with Gasteiger partial charge in [0, 0.05) is 25.3 Å². The molecule has 0 saturated carbocycles. The summed E-state index contributed by atoms with van der Waals surface area (Å²) in [6.07, 6.45) is 6.11. The predicted molar refractivity (Wildman–Crippen MR) is 107 cm³/mol. The Labute approximate surface area is 162 Å². The first-order chi connectivity index (χ1) is 12.8. The average molecular weight is 395 g/mol. The van der Waals surface area contributed by atoms with E-state index in [0.717, 1.165) is 44.2 Å². The van der Waals surface area contributed by atoms with E-state index in [1.54, 1.807) is 6.92 Å². The van der Waals surface area contributed by atoms with Crippen molar-refractivity contribution < 1.29 is 13.2 Å². The molecule has 150 valence electrons. The zero-order chi connectivity index (χ0) is 19.6. The van der Waals surface area contributed by atoms with Crippen molar-refractivity contribution in [2.45, 2.75) is 45.4 Å². The number of hydrogen-bond acceptors (Lipinski definition) is 4. The maximum atomic E-state index is 12.6. The van der Waals surface area contributed by atoms with Crippen molar-refractivity contribution in [3.8, 4) is 0 Å². The summed E-state index contributed by atoms with van der Waals surface area (Å²) in [7, 11) is -0.0988. The molecule has 7 nitrogen and oxygen atoms in total. The number of nitrogens with one attached hydrogen (secondary N) is 2. The lowest BCUT2D eigenvalue weighted by Gasteiger charge is -2.23. The highest BCUT2D eigenvalue weighted by Crippen LogP contribution is 2.38. The van der Waals surface area contributed by atoms with E-state index in [1.807, 2.05) is 19.0 Å². The summed E-state index contributed by atoms with van der Waals surface area (Å²) in [6, 6.07) is 1.61. The monoisotopic (exact) mass is 394 g/mol. The van der Waals surface area contributed by atoms with Crippen molar-refractivity contribution in [3.63, 3.8) is 0 Å². The van der Waals surface area contributed by atoms with Gasteiger partial charge in [-0.05, 0) is 74.9 Å². The van der Waals surface area contributed by atoms with Crippen LogP contribution in [0.25, 0.3) is 0 Å². The van der Waals surface area contributed by atoms with Gasteiger partial charge in [-0.25, -0.2) is 9.52 Å². The van der Waals surface area contributed by atoms with Crippen molar-refractivity contribution in [2.75, 3.05) is 39.0 Å². The quantitative estimate of drug-likeness (QED) is 0.740. The third-order valence-electron chi connectivity index (χ3n) is 5.42. The van der Waals surface area contributed by atoms with Crippen molar-refractivity contribution in [1.29, 1.82) is 0 Å². The van der Waals surface area contributed by atoms with E-state index in [9.17, 15) is 13.2 Å². The minimum Gasteiger partial charge on any atom is -0.308 e. The van der Waals surface area contributed by atoms with E-state index in [2.05, 4.69) is 16.1 Å². The second kappa shape index (κ2) is 8.16. The van der Waals surface area contributed by atoms with Gasteiger partial charge in [-0.3, -0.25) is 0 Å². The lowest BCUT2D eigenvalue weighted by Crippen LogP contribution is -2.47. The molecule has 8 heteroatoms. The van der Waals surface area contributed by atoms with Crippen LogP contribution >= 0.6 is 0 Å². The van der Waals surface area contributed by atoms with Gasteiger partial charge in [0.25, 0.3) is 0 Å². The van der Waals surface area contributed by atoms with E-state index in [1.165, 1.54) is 26.6 Å². The molecule has 1 aromatic carbocycles. The lowest BCUT2D eigenvalue weighted by molar-refractivity contribution is 0.255. The molecule has 2 amide bonds. The van der Waals surface area contributed by atoms with Crippen LogP contribution in [-0.2, 0) is 35.9 Å². The standard InChI is InChI=1S/C19H30N4O3S/c1-4-23(12-11-22(2)3)27(25,26)21-19(24)20-18-16-9-5-7-14(16)13-15-8-6-10-17(15)18/h13H,4-12H2,1-3H3,(H2,20,21,24). The third kappa shape index (κ3) is 4.44. The number of urea groups is 1. The van der Waals surface area contributed by atoms with Crippen LogP contribution in [0, 0.1) is 0 Å². The number of carbonyl (C=O) groups is 1. The Morgan fingerprint density at radius 1 is 1.04 bits per heavy atom. The molecular weight excluding hydrogens is 364 g/mol. The minimum absolute atomic E-state index is 0.312. The zero-order valence-electron chi connectivity index (χ0n) is 16.5. The molecular formula is C19H30N4O3S. The summed E-state index contributed by atoms with van der Waals surface area (Å²) in [6.45, 7) is 3.01. The molecule has 0 spiro atoms. The van der Waals surface area contributed by atoms with E-state index in [0.29, 0.717) is 19.6 Å². The van der Waals surface area contributed by atoms with Crippen LogP contribution in [0.5, 0.6) is 0 Å². The smallest absolute Gasteiger partial charge is 0.308 e. The van der Waals surface area contributed by atoms with Gasteiger partial charge in [0.2, 0.25) is 0 Å². The molecule has 27 heavy (non-hydrogen) atoms. The Kier molecular flexibility index (Phi) is 6.08. The molecule has 2 aliphatic rings. The Morgan fingerprint density at radius 2 is 1.63 bits per heavy atom. The molecule has 0 unspecified atom stereocenters. The zero-order valence-corrected chi connectivity index (χ0v) is 17.3. The van der Waals surface area contributed by atoms with Crippen LogP contribution in [-0.4, -0.2) is 57.4 Å². The Hall–Kier alpha value is -1.64. The largest absolute Gasteiger partial charge is 0.333 e. The van der Waals surface area contributed by atoms with Crippen LogP contribution in [0.4, 0.5) is 10.5 Å². The number of benzene rings is 1. The van der Waals surface area contributed by atoms with E-state index < -0.39 is 16.2 Å². The van der Waals surface area contributed by atoms with Crippen LogP contribution < -0.4 is 10.0 Å². The van der Waals surface area contributed by atoms with Gasteiger partial charge >= 0.3 is 16.2 Å². The summed E-state index contributed by atoms with van der Waals surface area (Å²) < 4.78 is 28.6. The maximum absolute atomic E-state index is 12.6. The second-order valence-electron chi connectivity index (χ2n) is 7.59. The Morgan fingerprint density at radius 3 is 2.15 bits per heavy atom. The lowest BCUT2D eigenvalue weighted by atomic mass is 9.99. The summed E-state index contributed by atoms with van der Waals surface area (Å²) in [4.78, 5) is 14.5. The summed E-state index contributed by atoms with van der Waals surface area (Å²) in [5, 5.41) is 2.88. The van der Waals surface area contributed by atoms with Gasteiger partial charge in [-0.1, -0.05) is 13.0 Å². The van der Waals surface area contributed by atoms with Gasteiger partial charge in [0.15, 0.2) is 0 Å². The summed E-state index contributed by atoms with van der Waals surface area (Å²) in [5.41, 5.74) is 5.82. The number of aryl methyl sites for hydroxylation is 2. The maximum Gasteiger partial charge on any atom is 0.333 e. The molecule has 0 heterocycles. The topological polar surface area (TPSA) is 81.8 Å². The highest BCUT2D eigenvalue weighted by Gasteiger charge is 2.27. The molecule has 2 aliphatic carbocycles. The SMILES string of the molecule is CCN(CCN(C)C)S(=O)(=O)NC(=O)Nc1c2c(cc3c1CCC3)CCC2. The molecule has 0 fully saturated rings. The third-order valence-corrected chi connectivity index (χ3v) is 6.99. The van der Waals surface area contributed by atoms with Gasteiger partial charge in [-0.15, -0.1) is 0 Å². The van der Waals surface area contributed by atoms with Crippen LogP contribution in [0.15, 0.2) is 6.07 Å².